The minimum absolute atomic E-state index is 0.00282. The first-order chi connectivity index (χ1) is 7.96. The molecule has 1 aliphatic rings. The maximum Gasteiger partial charge on any atom is 0.332 e. The van der Waals surface area contributed by atoms with E-state index in [9.17, 15) is 9.59 Å². The van der Waals surface area contributed by atoms with Crippen LogP contribution in [0, 0.1) is 0 Å². The van der Waals surface area contributed by atoms with E-state index >= 15 is 0 Å². The predicted octanol–water partition coefficient (Wildman–Crippen LogP) is -0.400. The Morgan fingerprint density at radius 2 is 1.88 bits per heavy atom. The lowest BCUT2D eigenvalue weighted by atomic mass is 9.82. The number of rotatable bonds is 5. The van der Waals surface area contributed by atoms with Crippen LogP contribution in [-0.4, -0.2) is 40.3 Å². The molecule has 0 aromatic carbocycles. The van der Waals surface area contributed by atoms with Gasteiger partial charge >= 0.3 is 5.97 Å². The number of aliphatic hydroxyl groups is 1. The van der Waals surface area contributed by atoms with Crippen molar-refractivity contribution >= 4 is 11.9 Å². The molecule has 1 aliphatic carbocycles. The number of carboxylic acid groups (broad SMARTS) is 1. The SMILES string of the molecule is NC1(C(=O)NCCC(O)C(=O)O)CCCCC1. The summed E-state index contributed by atoms with van der Waals surface area (Å²) in [5, 5.41) is 20.1. The summed E-state index contributed by atoms with van der Waals surface area (Å²) in [6.45, 7) is 0.130. The Bertz CT molecular complexity index is 287. The molecule has 0 heterocycles. The third-order valence-electron chi connectivity index (χ3n) is 3.19. The van der Waals surface area contributed by atoms with Crippen LogP contribution in [0.3, 0.4) is 0 Å². The topological polar surface area (TPSA) is 113 Å². The Labute approximate surface area is 100 Å². The van der Waals surface area contributed by atoms with Gasteiger partial charge in [0.05, 0.1) is 5.54 Å². The second-order valence-electron chi connectivity index (χ2n) is 4.62. The molecule has 0 radical (unpaired) electrons. The van der Waals surface area contributed by atoms with E-state index in [4.69, 9.17) is 15.9 Å². The first kappa shape index (κ1) is 13.9. The van der Waals surface area contributed by atoms with E-state index in [0.29, 0.717) is 12.8 Å². The summed E-state index contributed by atoms with van der Waals surface area (Å²) in [5.41, 5.74) is 5.18. The lowest BCUT2D eigenvalue weighted by Crippen LogP contribution is -2.55. The van der Waals surface area contributed by atoms with E-state index in [1.54, 1.807) is 0 Å². The van der Waals surface area contributed by atoms with Crippen molar-refractivity contribution < 1.29 is 19.8 Å². The van der Waals surface area contributed by atoms with Crippen LogP contribution in [0.15, 0.2) is 0 Å². The Morgan fingerprint density at radius 3 is 2.41 bits per heavy atom. The van der Waals surface area contributed by atoms with Gasteiger partial charge in [-0.15, -0.1) is 0 Å². The average Bonchev–Trinajstić information content (AvgIpc) is 2.29. The maximum absolute atomic E-state index is 11.8. The number of nitrogens with one attached hydrogen (secondary N) is 1. The molecule has 1 saturated carbocycles. The molecule has 98 valence electrons. The number of aliphatic hydroxyl groups excluding tert-OH is 1. The van der Waals surface area contributed by atoms with Gasteiger partial charge in [-0.05, 0) is 12.8 Å². The van der Waals surface area contributed by atoms with Gasteiger partial charge in [0.15, 0.2) is 6.10 Å². The van der Waals surface area contributed by atoms with E-state index < -0.39 is 17.6 Å². The van der Waals surface area contributed by atoms with Gasteiger partial charge in [0.2, 0.25) is 5.91 Å². The summed E-state index contributed by atoms with van der Waals surface area (Å²) in [6, 6.07) is 0. The number of hydrogen-bond donors (Lipinski definition) is 4. The molecule has 1 fully saturated rings. The molecule has 6 nitrogen and oxygen atoms in total. The highest BCUT2D eigenvalue weighted by Crippen LogP contribution is 2.25. The van der Waals surface area contributed by atoms with E-state index in [2.05, 4.69) is 5.32 Å². The summed E-state index contributed by atoms with van der Waals surface area (Å²) in [5.74, 6) is -1.52. The van der Waals surface area contributed by atoms with Gasteiger partial charge in [-0.2, -0.15) is 0 Å². The van der Waals surface area contributed by atoms with Crippen molar-refractivity contribution in [1.82, 2.24) is 5.32 Å². The number of nitrogens with two attached hydrogens (primary N) is 1. The van der Waals surface area contributed by atoms with Gasteiger partial charge < -0.3 is 21.3 Å². The second-order valence-corrected chi connectivity index (χ2v) is 4.62. The smallest absolute Gasteiger partial charge is 0.332 e. The lowest BCUT2D eigenvalue weighted by molar-refractivity contribution is -0.147. The highest BCUT2D eigenvalue weighted by Gasteiger charge is 2.34. The summed E-state index contributed by atoms with van der Waals surface area (Å²) in [7, 11) is 0. The third-order valence-corrected chi connectivity index (χ3v) is 3.19. The van der Waals surface area contributed by atoms with Gasteiger partial charge in [0.25, 0.3) is 0 Å². The van der Waals surface area contributed by atoms with Crippen LogP contribution in [0.4, 0.5) is 0 Å². The Morgan fingerprint density at radius 1 is 1.29 bits per heavy atom. The molecule has 0 saturated heterocycles. The van der Waals surface area contributed by atoms with Crippen molar-refractivity contribution in [2.45, 2.75) is 50.2 Å². The summed E-state index contributed by atoms with van der Waals surface area (Å²) in [6.07, 6.45) is 2.89. The molecule has 0 bridgehead atoms. The summed E-state index contributed by atoms with van der Waals surface area (Å²) < 4.78 is 0. The fraction of sp³-hybridized carbons (Fsp3) is 0.818. The molecule has 1 unspecified atom stereocenters. The number of amides is 1. The summed E-state index contributed by atoms with van der Waals surface area (Å²) in [4.78, 5) is 22.2. The molecule has 6 heteroatoms. The molecule has 0 aromatic rings. The minimum Gasteiger partial charge on any atom is -0.479 e. The second kappa shape index (κ2) is 5.97. The lowest BCUT2D eigenvalue weighted by Gasteiger charge is -2.31. The number of aliphatic carboxylic acids is 1. The van der Waals surface area contributed by atoms with Gasteiger partial charge in [-0.1, -0.05) is 19.3 Å². The molecular weight excluding hydrogens is 224 g/mol. The molecule has 1 rings (SSSR count). The first-order valence-electron chi connectivity index (χ1n) is 5.94. The van der Waals surface area contributed by atoms with Crippen molar-refractivity contribution in [3.63, 3.8) is 0 Å². The van der Waals surface area contributed by atoms with E-state index in [0.717, 1.165) is 19.3 Å². The maximum atomic E-state index is 11.8. The van der Waals surface area contributed by atoms with Crippen LogP contribution < -0.4 is 11.1 Å². The summed E-state index contributed by atoms with van der Waals surface area (Å²) >= 11 is 0. The van der Waals surface area contributed by atoms with Crippen molar-refractivity contribution in [3.05, 3.63) is 0 Å². The zero-order valence-corrected chi connectivity index (χ0v) is 9.82. The third kappa shape index (κ3) is 3.98. The van der Waals surface area contributed by atoms with E-state index in [1.165, 1.54) is 0 Å². The highest BCUT2D eigenvalue weighted by molar-refractivity contribution is 5.86. The van der Waals surface area contributed by atoms with Crippen LogP contribution in [-0.2, 0) is 9.59 Å². The highest BCUT2D eigenvalue weighted by atomic mass is 16.4. The minimum atomic E-state index is -1.43. The number of carboxylic acids is 1. The average molecular weight is 244 g/mol. The van der Waals surface area contributed by atoms with Crippen molar-refractivity contribution in [1.29, 1.82) is 0 Å². The van der Waals surface area contributed by atoms with E-state index in [-0.39, 0.29) is 18.9 Å². The molecule has 1 atom stereocenters. The largest absolute Gasteiger partial charge is 0.479 e. The monoisotopic (exact) mass is 244 g/mol. The number of carbonyl (C=O) groups is 2. The molecular formula is C11H20N2O4. The van der Waals surface area contributed by atoms with Crippen LogP contribution in [0.25, 0.3) is 0 Å². The normalized spacial score (nSPS) is 20.6. The molecule has 0 spiro atoms. The van der Waals surface area contributed by atoms with Crippen LogP contribution in [0.2, 0.25) is 0 Å². The van der Waals surface area contributed by atoms with Gasteiger partial charge in [0, 0.05) is 13.0 Å². The molecule has 5 N–H and O–H groups in total. The molecule has 0 aliphatic heterocycles. The first-order valence-corrected chi connectivity index (χ1v) is 5.94. The van der Waals surface area contributed by atoms with Gasteiger partial charge in [-0.25, -0.2) is 4.79 Å². The van der Waals surface area contributed by atoms with Gasteiger partial charge in [-0.3, -0.25) is 4.79 Å². The Balaban J connectivity index is 2.31. The number of carbonyl (C=O) groups excluding carboxylic acids is 1. The fourth-order valence-electron chi connectivity index (χ4n) is 2.03. The standard InChI is InChI=1S/C11H20N2O4/c12-11(5-2-1-3-6-11)10(17)13-7-4-8(14)9(15)16/h8,14H,1-7,12H2,(H,13,17)(H,15,16). The van der Waals surface area contributed by atoms with Crippen molar-refractivity contribution in [2.75, 3.05) is 6.54 Å². The van der Waals surface area contributed by atoms with Gasteiger partial charge in [0.1, 0.15) is 0 Å². The molecule has 17 heavy (non-hydrogen) atoms. The Hall–Kier alpha value is -1.14. The van der Waals surface area contributed by atoms with Crippen molar-refractivity contribution in [2.24, 2.45) is 5.73 Å². The Kier molecular flexibility index (Phi) is 4.89. The zero-order valence-electron chi connectivity index (χ0n) is 9.82. The van der Waals surface area contributed by atoms with Crippen LogP contribution in [0.5, 0.6) is 0 Å². The van der Waals surface area contributed by atoms with Crippen LogP contribution >= 0.6 is 0 Å². The molecule has 1 amide bonds. The zero-order chi connectivity index (χ0) is 12.9. The predicted molar refractivity (Wildman–Crippen MR) is 61.3 cm³/mol. The molecule has 0 aromatic heterocycles. The van der Waals surface area contributed by atoms with Crippen molar-refractivity contribution in [3.8, 4) is 0 Å². The number of hydrogen-bond acceptors (Lipinski definition) is 4. The van der Waals surface area contributed by atoms with E-state index in [1.807, 2.05) is 0 Å². The quantitative estimate of drug-likeness (QED) is 0.525. The fourth-order valence-corrected chi connectivity index (χ4v) is 2.03. The van der Waals surface area contributed by atoms with Crippen LogP contribution in [0.1, 0.15) is 38.5 Å².